The molecule has 2 rings (SSSR count). The van der Waals surface area contributed by atoms with Crippen molar-refractivity contribution in [2.75, 3.05) is 7.11 Å². The number of Topliss-reactive ketones (excluding diaryl/α,β-unsaturated/α-hetero) is 1. The molecule has 0 saturated carbocycles. The van der Waals surface area contributed by atoms with E-state index in [1.807, 2.05) is 18.2 Å². The van der Waals surface area contributed by atoms with E-state index in [0.717, 1.165) is 40.6 Å². The van der Waals surface area contributed by atoms with Gasteiger partial charge in [0.05, 0.1) is 11.6 Å². The molecule has 1 atom stereocenters. The largest absolute Gasteiger partial charge is 0.496 e. The van der Waals surface area contributed by atoms with Gasteiger partial charge in [-0.3, -0.25) is 4.79 Å². The Kier molecular flexibility index (Phi) is 4.81. The van der Waals surface area contributed by atoms with Gasteiger partial charge in [0.2, 0.25) is 0 Å². The van der Waals surface area contributed by atoms with Crippen molar-refractivity contribution in [2.45, 2.75) is 32.6 Å². The molecule has 0 saturated heterocycles. The first kappa shape index (κ1) is 14.3. The summed E-state index contributed by atoms with van der Waals surface area (Å²) in [5.41, 5.74) is 2.03. The van der Waals surface area contributed by atoms with Crippen molar-refractivity contribution in [3.05, 3.63) is 39.9 Å². The molecular weight excluding hydrogens is 304 g/mol. The molecule has 0 fully saturated rings. The second-order valence-corrected chi connectivity index (χ2v) is 6.03. The van der Waals surface area contributed by atoms with Crippen molar-refractivity contribution < 1.29 is 9.53 Å². The van der Waals surface area contributed by atoms with E-state index in [1.54, 1.807) is 7.11 Å². The molecule has 0 radical (unpaired) electrons. The van der Waals surface area contributed by atoms with Gasteiger partial charge in [0.15, 0.2) is 5.78 Å². The lowest BCUT2D eigenvalue weighted by Gasteiger charge is -2.17. The van der Waals surface area contributed by atoms with Gasteiger partial charge in [-0.25, -0.2) is 0 Å². The van der Waals surface area contributed by atoms with E-state index >= 15 is 0 Å². The second kappa shape index (κ2) is 6.38. The summed E-state index contributed by atoms with van der Waals surface area (Å²) >= 11 is 3.45. The first-order valence-corrected chi connectivity index (χ1v) is 7.44. The molecule has 1 unspecified atom stereocenters. The normalized spacial score (nSPS) is 18.9. The highest BCUT2D eigenvalue weighted by atomic mass is 79.9. The van der Waals surface area contributed by atoms with Crippen molar-refractivity contribution in [3.8, 4) is 5.75 Å². The summed E-state index contributed by atoms with van der Waals surface area (Å²) in [6.45, 7) is 2.23. The van der Waals surface area contributed by atoms with Gasteiger partial charge in [-0.15, -0.1) is 0 Å². The lowest BCUT2D eigenvalue weighted by atomic mass is 9.88. The van der Waals surface area contributed by atoms with Crippen LogP contribution in [0.5, 0.6) is 5.75 Å². The summed E-state index contributed by atoms with van der Waals surface area (Å²) in [7, 11) is 1.64. The molecule has 3 heteroatoms. The lowest BCUT2D eigenvalue weighted by Crippen LogP contribution is -2.12. The minimum atomic E-state index is 0.254. The van der Waals surface area contributed by atoms with Crippen molar-refractivity contribution >= 4 is 21.7 Å². The van der Waals surface area contributed by atoms with Gasteiger partial charge in [0.1, 0.15) is 5.75 Å². The molecule has 0 amide bonds. The van der Waals surface area contributed by atoms with Crippen LogP contribution in [0.1, 0.15) is 31.7 Å². The third-order valence-electron chi connectivity index (χ3n) is 3.61. The first-order chi connectivity index (χ1) is 9.10. The number of ketones is 1. The number of hydrogen-bond acceptors (Lipinski definition) is 2. The number of hydrogen-bond donors (Lipinski definition) is 0. The van der Waals surface area contributed by atoms with E-state index in [4.69, 9.17) is 4.74 Å². The average molecular weight is 323 g/mol. The van der Waals surface area contributed by atoms with Gasteiger partial charge in [0.25, 0.3) is 0 Å². The third-order valence-corrected chi connectivity index (χ3v) is 4.23. The Balaban J connectivity index is 2.05. The summed E-state index contributed by atoms with van der Waals surface area (Å²) in [4.78, 5) is 12.2. The fourth-order valence-electron chi connectivity index (χ4n) is 2.34. The zero-order valence-corrected chi connectivity index (χ0v) is 13.0. The predicted octanol–water partition coefficient (Wildman–Crippen LogP) is 4.32. The molecule has 19 heavy (non-hydrogen) atoms. The SMILES string of the molecule is COc1ccc(CC(=O)C2=CCC(C)CC2)cc1Br. The minimum absolute atomic E-state index is 0.254. The monoisotopic (exact) mass is 322 g/mol. The molecule has 0 N–H and O–H groups in total. The topological polar surface area (TPSA) is 26.3 Å². The molecule has 2 nitrogen and oxygen atoms in total. The van der Waals surface area contributed by atoms with Gasteiger partial charge in [-0.1, -0.05) is 19.1 Å². The summed E-state index contributed by atoms with van der Waals surface area (Å²) in [6.07, 6.45) is 5.69. The Hall–Kier alpha value is -1.09. The molecule has 1 aliphatic carbocycles. The number of carbonyl (C=O) groups excluding carboxylic acids is 1. The number of ether oxygens (including phenoxy) is 1. The van der Waals surface area contributed by atoms with Crippen molar-refractivity contribution in [2.24, 2.45) is 5.92 Å². The van der Waals surface area contributed by atoms with Crippen LogP contribution in [0.4, 0.5) is 0 Å². The Morgan fingerprint density at radius 3 is 2.84 bits per heavy atom. The average Bonchev–Trinajstić information content (AvgIpc) is 2.39. The number of benzene rings is 1. The minimum Gasteiger partial charge on any atom is -0.496 e. The van der Waals surface area contributed by atoms with Crippen LogP contribution in [0.2, 0.25) is 0 Å². The van der Waals surface area contributed by atoms with Gasteiger partial charge in [-0.2, -0.15) is 0 Å². The molecule has 102 valence electrons. The highest BCUT2D eigenvalue weighted by molar-refractivity contribution is 9.10. The number of allylic oxidation sites excluding steroid dienone is 2. The van der Waals surface area contributed by atoms with E-state index in [-0.39, 0.29) is 5.78 Å². The van der Waals surface area contributed by atoms with Crippen LogP contribution < -0.4 is 4.74 Å². The number of halogens is 1. The second-order valence-electron chi connectivity index (χ2n) is 5.18. The van der Waals surface area contributed by atoms with Crippen LogP contribution >= 0.6 is 15.9 Å². The summed E-state index contributed by atoms with van der Waals surface area (Å²) in [5.74, 6) is 1.76. The maximum Gasteiger partial charge on any atom is 0.162 e. The van der Waals surface area contributed by atoms with Crippen LogP contribution in [0.3, 0.4) is 0 Å². The van der Waals surface area contributed by atoms with Crippen molar-refractivity contribution in [3.63, 3.8) is 0 Å². The van der Waals surface area contributed by atoms with E-state index in [0.29, 0.717) is 12.3 Å². The summed E-state index contributed by atoms with van der Waals surface area (Å²) in [6, 6.07) is 5.81. The number of methoxy groups -OCH3 is 1. The smallest absolute Gasteiger partial charge is 0.162 e. The Bertz CT molecular complexity index is 505. The standard InChI is InChI=1S/C16H19BrO2/c1-11-3-6-13(7-4-11)15(18)10-12-5-8-16(19-2)14(17)9-12/h5-6,8-9,11H,3-4,7,10H2,1-2H3. The maximum atomic E-state index is 12.2. The van der Waals surface area contributed by atoms with Crippen LogP contribution in [0.15, 0.2) is 34.3 Å². The van der Waals surface area contributed by atoms with Crippen molar-refractivity contribution in [1.29, 1.82) is 0 Å². The van der Waals surface area contributed by atoms with Crippen LogP contribution in [-0.4, -0.2) is 12.9 Å². The molecule has 0 spiro atoms. The van der Waals surface area contributed by atoms with Crippen LogP contribution in [0, 0.1) is 5.92 Å². The summed E-state index contributed by atoms with van der Waals surface area (Å²) < 4.78 is 6.08. The van der Waals surface area contributed by atoms with E-state index in [1.165, 1.54) is 0 Å². The molecule has 1 aromatic carbocycles. The first-order valence-electron chi connectivity index (χ1n) is 6.64. The van der Waals surface area contributed by atoms with Crippen LogP contribution in [-0.2, 0) is 11.2 Å². The zero-order chi connectivity index (χ0) is 13.8. The highest BCUT2D eigenvalue weighted by Gasteiger charge is 2.16. The third kappa shape index (κ3) is 3.69. The zero-order valence-electron chi connectivity index (χ0n) is 11.4. The molecule has 1 aromatic rings. The molecule has 0 aliphatic heterocycles. The fourth-order valence-corrected chi connectivity index (χ4v) is 2.93. The van der Waals surface area contributed by atoms with Crippen molar-refractivity contribution in [1.82, 2.24) is 0 Å². The number of carbonyl (C=O) groups is 1. The quantitative estimate of drug-likeness (QED) is 0.825. The fraction of sp³-hybridized carbons (Fsp3) is 0.438. The Morgan fingerprint density at radius 2 is 2.26 bits per heavy atom. The predicted molar refractivity (Wildman–Crippen MR) is 80.5 cm³/mol. The highest BCUT2D eigenvalue weighted by Crippen LogP contribution is 2.27. The molecule has 1 aliphatic rings. The van der Waals surface area contributed by atoms with Gasteiger partial charge >= 0.3 is 0 Å². The van der Waals surface area contributed by atoms with Crippen LogP contribution in [0.25, 0.3) is 0 Å². The van der Waals surface area contributed by atoms with E-state index in [2.05, 4.69) is 28.9 Å². The molecular formula is C16H19BrO2. The van der Waals surface area contributed by atoms with Gasteiger partial charge in [-0.05, 0) is 64.4 Å². The molecule has 0 bridgehead atoms. The Labute approximate surface area is 123 Å². The molecule has 0 heterocycles. The lowest BCUT2D eigenvalue weighted by molar-refractivity contribution is -0.115. The maximum absolute atomic E-state index is 12.2. The number of rotatable bonds is 4. The van der Waals surface area contributed by atoms with Gasteiger partial charge in [0, 0.05) is 6.42 Å². The van der Waals surface area contributed by atoms with Gasteiger partial charge < -0.3 is 4.74 Å². The van der Waals surface area contributed by atoms with E-state index < -0.39 is 0 Å². The summed E-state index contributed by atoms with van der Waals surface area (Å²) in [5, 5.41) is 0. The van der Waals surface area contributed by atoms with E-state index in [9.17, 15) is 4.79 Å². The Morgan fingerprint density at radius 1 is 1.47 bits per heavy atom. The molecule has 0 aromatic heterocycles.